The number of carbonyl (C=O) groups excluding carboxylic acids is 2. The van der Waals surface area contributed by atoms with Crippen LogP contribution in [0.15, 0.2) is 41.5 Å². The van der Waals surface area contributed by atoms with Crippen LogP contribution in [-0.2, 0) is 9.53 Å². The highest BCUT2D eigenvalue weighted by molar-refractivity contribution is 14.1. The third kappa shape index (κ3) is 6.62. The fourth-order valence-electron chi connectivity index (χ4n) is 2.09. The van der Waals surface area contributed by atoms with E-state index in [9.17, 15) is 9.59 Å². The highest BCUT2D eigenvalue weighted by Crippen LogP contribution is 2.34. The van der Waals surface area contributed by atoms with Gasteiger partial charge >= 0.3 is 5.97 Å². The summed E-state index contributed by atoms with van der Waals surface area (Å²) in [6.45, 7) is 2.06. The fraction of sp³-hybridized carbons (Fsp3) is 0.211. The summed E-state index contributed by atoms with van der Waals surface area (Å²) in [4.78, 5) is 23.4. The van der Waals surface area contributed by atoms with Crippen molar-refractivity contribution in [3.8, 4) is 11.5 Å². The molecule has 0 radical (unpaired) electrons. The molecule has 0 spiro atoms. The molecule has 0 aliphatic heterocycles. The Morgan fingerprint density at radius 2 is 1.86 bits per heavy atom. The number of ether oxygens (including phenoxy) is 3. The van der Waals surface area contributed by atoms with Gasteiger partial charge in [-0.2, -0.15) is 5.10 Å². The number of rotatable bonds is 8. The first kappa shape index (κ1) is 22.4. The van der Waals surface area contributed by atoms with Crippen molar-refractivity contribution >= 4 is 63.3 Å². The maximum absolute atomic E-state index is 12.1. The van der Waals surface area contributed by atoms with E-state index in [1.54, 1.807) is 24.3 Å². The van der Waals surface area contributed by atoms with E-state index in [-0.39, 0.29) is 12.5 Å². The number of hydrogen-bond acceptors (Lipinski definition) is 6. The maximum atomic E-state index is 12.1. The van der Waals surface area contributed by atoms with E-state index in [1.165, 1.54) is 13.3 Å². The predicted molar refractivity (Wildman–Crippen MR) is 122 cm³/mol. The molecule has 2 rings (SSSR count). The first-order valence-corrected chi connectivity index (χ1v) is 10.3. The molecule has 0 aliphatic rings. The Morgan fingerprint density at radius 3 is 2.50 bits per heavy atom. The number of halogens is 2. The number of nitrogens with one attached hydrogen (secondary N) is 1. The van der Waals surface area contributed by atoms with E-state index in [0.717, 1.165) is 7.14 Å². The van der Waals surface area contributed by atoms with Crippen LogP contribution in [0.2, 0.25) is 0 Å². The second kappa shape index (κ2) is 11.2. The summed E-state index contributed by atoms with van der Waals surface area (Å²) in [5, 5.41) is 4.00. The Hall–Kier alpha value is -1.89. The molecule has 1 amide bonds. The van der Waals surface area contributed by atoms with Crippen LogP contribution < -0.4 is 14.9 Å². The minimum absolute atomic E-state index is 0.216. The van der Waals surface area contributed by atoms with E-state index in [0.29, 0.717) is 29.2 Å². The van der Waals surface area contributed by atoms with Crippen LogP contribution in [-0.4, -0.2) is 38.4 Å². The van der Waals surface area contributed by atoms with Gasteiger partial charge in [0.25, 0.3) is 5.91 Å². The zero-order chi connectivity index (χ0) is 20.5. The van der Waals surface area contributed by atoms with Gasteiger partial charge in [-0.15, -0.1) is 0 Å². The monoisotopic (exact) mass is 608 g/mol. The Kier molecular flexibility index (Phi) is 8.96. The van der Waals surface area contributed by atoms with Crippen molar-refractivity contribution in [2.45, 2.75) is 6.92 Å². The number of esters is 1. The topological polar surface area (TPSA) is 86.2 Å². The average molecular weight is 608 g/mol. The minimum atomic E-state index is -0.484. The molecule has 7 nitrogen and oxygen atoms in total. The Labute approximate surface area is 190 Å². The van der Waals surface area contributed by atoms with E-state index >= 15 is 0 Å². The number of benzene rings is 2. The Morgan fingerprint density at radius 1 is 1.14 bits per heavy atom. The lowest BCUT2D eigenvalue weighted by Gasteiger charge is -2.14. The first-order chi connectivity index (χ1) is 13.4. The lowest BCUT2D eigenvalue weighted by atomic mass is 10.2. The zero-order valence-electron chi connectivity index (χ0n) is 15.2. The van der Waals surface area contributed by atoms with Gasteiger partial charge in [-0.3, -0.25) is 4.79 Å². The van der Waals surface area contributed by atoms with Gasteiger partial charge in [0.15, 0.2) is 18.1 Å². The van der Waals surface area contributed by atoms with Gasteiger partial charge in [0.1, 0.15) is 0 Å². The molecule has 2 aromatic rings. The first-order valence-electron chi connectivity index (χ1n) is 8.19. The number of methoxy groups -OCH3 is 1. The van der Waals surface area contributed by atoms with Crippen molar-refractivity contribution in [2.24, 2.45) is 5.10 Å². The van der Waals surface area contributed by atoms with E-state index < -0.39 is 5.97 Å². The molecular weight excluding hydrogens is 590 g/mol. The number of hydrogen-bond donors (Lipinski definition) is 1. The van der Waals surface area contributed by atoms with Gasteiger partial charge in [0.05, 0.1) is 23.5 Å². The molecule has 148 valence electrons. The molecule has 0 aromatic heterocycles. The summed E-state index contributed by atoms with van der Waals surface area (Å²) in [6.07, 6.45) is 1.51. The quantitative estimate of drug-likeness (QED) is 0.215. The third-order valence-electron chi connectivity index (χ3n) is 3.38. The molecule has 0 saturated carbocycles. The molecule has 0 unspecified atom stereocenters. The molecule has 0 atom stereocenters. The van der Waals surface area contributed by atoms with Gasteiger partial charge in [-0.1, -0.05) is 0 Å². The van der Waals surface area contributed by atoms with Gasteiger partial charge in [0.2, 0.25) is 0 Å². The van der Waals surface area contributed by atoms with E-state index in [1.807, 2.05) is 19.1 Å². The minimum Gasteiger partial charge on any atom is -0.490 e. The fourth-order valence-corrected chi connectivity index (χ4v) is 3.23. The Bertz CT molecular complexity index is 869. The number of amides is 1. The molecular formula is C19H18I2N2O5. The SMILES string of the molecule is CCOc1cc(/C=N\NC(=O)c2ccc(I)cc2)cc(I)c1OCC(=O)OC. The third-order valence-corrected chi connectivity index (χ3v) is 4.90. The molecule has 0 heterocycles. The smallest absolute Gasteiger partial charge is 0.343 e. The maximum Gasteiger partial charge on any atom is 0.343 e. The predicted octanol–water partition coefficient (Wildman–Crippen LogP) is 3.61. The van der Waals surface area contributed by atoms with Crippen molar-refractivity contribution in [1.82, 2.24) is 5.43 Å². The average Bonchev–Trinajstić information content (AvgIpc) is 2.67. The molecule has 1 N–H and O–H groups in total. The number of nitrogens with zero attached hydrogens (tertiary/aromatic N) is 1. The highest BCUT2D eigenvalue weighted by atomic mass is 127. The summed E-state index contributed by atoms with van der Waals surface area (Å²) in [5.41, 5.74) is 3.72. The van der Waals surface area contributed by atoms with Crippen LogP contribution in [0.4, 0.5) is 0 Å². The van der Waals surface area contributed by atoms with Gasteiger partial charge < -0.3 is 14.2 Å². The van der Waals surface area contributed by atoms with Crippen LogP contribution >= 0.6 is 45.2 Å². The van der Waals surface area contributed by atoms with Crippen molar-refractivity contribution in [3.63, 3.8) is 0 Å². The van der Waals surface area contributed by atoms with Crippen molar-refractivity contribution in [1.29, 1.82) is 0 Å². The molecule has 9 heteroatoms. The molecule has 0 aliphatic carbocycles. The van der Waals surface area contributed by atoms with Crippen molar-refractivity contribution in [3.05, 3.63) is 54.7 Å². The van der Waals surface area contributed by atoms with Crippen LogP contribution in [0.1, 0.15) is 22.8 Å². The van der Waals surface area contributed by atoms with Gasteiger partial charge in [-0.25, -0.2) is 10.2 Å². The van der Waals surface area contributed by atoms with Gasteiger partial charge in [-0.05, 0) is 94.1 Å². The lowest BCUT2D eigenvalue weighted by molar-refractivity contribution is -0.142. The largest absolute Gasteiger partial charge is 0.490 e. The summed E-state index contributed by atoms with van der Waals surface area (Å²) >= 11 is 4.25. The second-order valence-electron chi connectivity index (χ2n) is 5.33. The van der Waals surface area contributed by atoms with E-state index in [2.05, 4.69) is 60.4 Å². The second-order valence-corrected chi connectivity index (χ2v) is 7.74. The van der Waals surface area contributed by atoms with Gasteiger partial charge in [0, 0.05) is 9.13 Å². The number of carbonyl (C=O) groups is 2. The summed E-state index contributed by atoms with van der Waals surface area (Å²) in [6, 6.07) is 10.7. The molecule has 0 saturated heterocycles. The molecule has 28 heavy (non-hydrogen) atoms. The lowest BCUT2D eigenvalue weighted by Crippen LogP contribution is -2.17. The van der Waals surface area contributed by atoms with E-state index in [4.69, 9.17) is 9.47 Å². The van der Waals surface area contributed by atoms with Crippen molar-refractivity contribution < 1.29 is 23.8 Å². The molecule has 2 aromatic carbocycles. The standard InChI is InChI=1S/C19H18I2N2O5/c1-3-27-16-9-12(8-15(21)18(16)28-11-17(24)26-2)10-22-23-19(25)13-4-6-14(20)7-5-13/h4-10H,3,11H2,1-2H3,(H,23,25)/b22-10-. The van der Waals surface area contributed by atoms with Crippen molar-refractivity contribution in [2.75, 3.05) is 20.3 Å². The normalized spacial score (nSPS) is 10.6. The summed E-state index contributed by atoms with van der Waals surface area (Å²) in [5.74, 6) is 0.143. The molecule has 0 bridgehead atoms. The van der Waals surface area contributed by atoms with Crippen LogP contribution in [0.3, 0.4) is 0 Å². The summed E-state index contributed by atoms with van der Waals surface area (Å²) in [7, 11) is 1.30. The van der Waals surface area contributed by atoms with Crippen LogP contribution in [0.25, 0.3) is 0 Å². The highest BCUT2D eigenvalue weighted by Gasteiger charge is 2.14. The summed E-state index contributed by atoms with van der Waals surface area (Å²) < 4.78 is 17.5. The Balaban J connectivity index is 2.12. The number of hydrazone groups is 1. The zero-order valence-corrected chi connectivity index (χ0v) is 19.5. The van der Waals surface area contributed by atoms with Crippen LogP contribution in [0, 0.1) is 7.14 Å². The molecule has 0 fully saturated rings. The van der Waals surface area contributed by atoms with Crippen LogP contribution in [0.5, 0.6) is 11.5 Å².